The Balaban J connectivity index is 2.26. The van der Waals surface area contributed by atoms with Gasteiger partial charge in [0.2, 0.25) is 0 Å². The standard InChI is InChI=1S/C12H14F3N/c13-11-4-2-1-3-10(11)12(14,15)9-5-7-16-8-6-9/h1-4,9,16H,5-8H2. The molecule has 0 amide bonds. The van der Waals surface area contributed by atoms with Gasteiger partial charge in [0.1, 0.15) is 5.82 Å². The Bertz CT molecular complexity index is 359. The fourth-order valence-electron chi connectivity index (χ4n) is 2.14. The van der Waals surface area contributed by atoms with E-state index >= 15 is 0 Å². The molecular weight excluding hydrogens is 215 g/mol. The van der Waals surface area contributed by atoms with Gasteiger partial charge in [0.05, 0.1) is 5.56 Å². The molecule has 0 aliphatic carbocycles. The Kier molecular flexibility index (Phi) is 3.19. The first kappa shape index (κ1) is 11.5. The van der Waals surface area contributed by atoms with Crippen LogP contribution in [0, 0.1) is 11.7 Å². The van der Waals surface area contributed by atoms with Crippen LogP contribution in [-0.2, 0) is 5.92 Å². The highest BCUT2D eigenvalue weighted by Crippen LogP contribution is 2.41. The normalized spacial score (nSPS) is 18.7. The Morgan fingerprint density at radius 1 is 1.12 bits per heavy atom. The minimum atomic E-state index is -3.06. The number of rotatable bonds is 2. The second-order valence-corrected chi connectivity index (χ2v) is 4.13. The van der Waals surface area contributed by atoms with Gasteiger partial charge < -0.3 is 5.32 Å². The highest BCUT2D eigenvalue weighted by molar-refractivity contribution is 5.23. The van der Waals surface area contributed by atoms with Crippen molar-refractivity contribution in [3.8, 4) is 0 Å². The quantitative estimate of drug-likeness (QED) is 0.822. The SMILES string of the molecule is Fc1ccccc1C(F)(F)C1CCNCC1. The number of halogens is 3. The molecule has 1 heterocycles. The van der Waals surface area contributed by atoms with Crippen molar-refractivity contribution in [2.45, 2.75) is 18.8 Å². The molecule has 1 saturated heterocycles. The summed E-state index contributed by atoms with van der Waals surface area (Å²) in [5.41, 5.74) is -0.470. The van der Waals surface area contributed by atoms with Gasteiger partial charge in [-0.25, -0.2) is 13.2 Å². The largest absolute Gasteiger partial charge is 0.317 e. The maximum atomic E-state index is 14.0. The smallest absolute Gasteiger partial charge is 0.278 e. The fraction of sp³-hybridized carbons (Fsp3) is 0.500. The van der Waals surface area contributed by atoms with Crippen LogP contribution in [0.15, 0.2) is 24.3 Å². The van der Waals surface area contributed by atoms with E-state index in [0.717, 1.165) is 6.07 Å². The lowest BCUT2D eigenvalue weighted by Gasteiger charge is -2.30. The zero-order chi connectivity index (χ0) is 11.6. The number of nitrogens with one attached hydrogen (secondary N) is 1. The molecule has 0 unspecified atom stereocenters. The van der Waals surface area contributed by atoms with Crippen molar-refractivity contribution in [3.05, 3.63) is 35.6 Å². The highest BCUT2D eigenvalue weighted by Gasteiger charge is 2.43. The predicted molar refractivity (Wildman–Crippen MR) is 55.9 cm³/mol. The molecule has 0 aromatic heterocycles. The Morgan fingerprint density at radius 2 is 1.75 bits per heavy atom. The van der Waals surface area contributed by atoms with Crippen LogP contribution in [0.4, 0.5) is 13.2 Å². The summed E-state index contributed by atoms with van der Waals surface area (Å²) >= 11 is 0. The fourth-order valence-corrected chi connectivity index (χ4v) is 2.14. The van der Waals surface area contributed by atoms with Crippen LogP contribution in [-0.4, -0.2) is 13.1 Å². The number of piperidine rings is 1. The molecule has 1 fully saturated rings. The lowest BCUT2D eigenvalue weighted by molar-refractivity contribution is -0.0779. The Hall–Kier alpha value is -1.03. The van der Waals surface area contributed by atoms with E-state index in [2.05, 4.69) is 5.32 Å². The molecule has 0 atom stereocenters. The van der Waals surface area contributed by atoms with Gasteiger partial charge in [-0.1, -0.05) is 18.2 Å². The number of benzene rings is 1. The van der Waals surface area contributed by atoms with Crippen molar-refractivity contribution in [3.63, 3.8) is 0 Å². The number of alkyl halides is 2. The molecule has 0 saturated carbocycles. The van der Waals surface area contributed by atoms with Gasteiger partial charge in [-0.05, 0) is 32.0 Å². The molecule has 1 aromatic carbocycles. The monoisotopic (exact) mass is 229 g/mol. The predicted octanol–water partition coefficient (Wildman–Crippen LogP) is 2.92. The zero-order valence-corrected chi connectivity index (χ0v) is 8.85. The van der Waals surface area contributed by atoms with Gasteiger partial charge >= 0.3 is 0 Å². The van der Waals surface area contributed by atoms with Gasteiger partial charge in [0.25, 0.3) is 5.92 Å². The maximum Gasteiger partial charge on any atom is 0.278 e. The number of hydrogen-bond acceptors (Lipinski definition) is 1. The molecule has 1 nitrogen and oxygen atoms in total. The van der Waals surface area contributed by atoms with E-state index in [1.54, 1.807) is 0 Å². The molecule has 1 N–H and O–H groups in total. The van der Waals surface area contributed by atoms with Gasteiger partial charge in [-0.2, -0.15) is 0 Å². The van der Waals surface area contributed by atoms with E-state index in [4.69, 9.17) is 0 Å². The Morgan fingerprint density at radius 3 is 2.38 bits per heavy atom. The molecule has 0 bridgehead atoms. The summed E-state index contributed by atoms with van der Waals surface area (Å²) in [6, 6.07) is 5.15. The van der Waals surface area contributed by atoms with Crippen LogP contribution in [0.3, 0.4) is 0 Å². The topological polar surface area (TPSA) is 12.0 Å². The van der Waals surface area contributed by atoms with Crippen LogP contribution in [0.5, 0.6) is 0 Å². The first-order valence-corrected chi connectivity index (χ1v) is 5.46. The van der Waals surface area contributed by atoms with Crippen molar-refractivity contribution >= 4 is 0 Å². The molecule has 1 aromatic rings. The second kappa shape index (κ2) is 4.45. The molecule has 4 heteroatoms. The van der Waals surface area contributed by atoms with E-state index in [1.165, 1.54) is 18.2 Å². The summed E-state index contributed by atoms with van der Waals surface area (Å²) in [6.07, 6.45) is 0.780. The molecule has 1 aliphatic heterocycles. The van der Waals surface area contributed by atoms with Gasteiger partial charge in [-0.15, -0.1) is 0 Å². The molecule has 0 radical (unpaired) electrons. The summed E-state index contributed by atoms with van der Waals surface area (Å²) in [5.74, 6) is -4.63. The summed E-state index contributed by atoms with van der Waals surface area (Å²) in [5, 5.41) is 3.03. The lowest BCUT2D eigenvalue weighted by atomic mass is 9.87. The molecule has 88 valence electrons. The van der Waals surface area contributed by atoms with E-state index < -0.39 is 23.2 Å². The lowest BCUT2D eigenvalue weighted by Crippen LogP contribution is -2.37. The Labute approximate surface area is 92.7 Å². The third-order valence-corrected chi connectivity index (χ3v) is 3.08. The van der Waals surface area contributed by atoms with E-state index in [1.807, 2.05) is 0 Å². The van der Waals surface area contributed by atoms with Gasteiger partial charge in [-0.3, -0.25) is 0 Å². The number of hydrogen-bond donors (Lipinski definition) is 1. The van der Waals surface area contributed by atoms with Crippen molar-refractivity contribution in [2.75, 3.05) is 13.1 Å². The average Bonchev–Trinajstić information content (AvgIpc) is 2.30. The minimum Gasteiger partial charge on any atom is -0.317 e. The van der Waals surface area contributed by atoms with Crippen molar-refractivity contribution in [1.82, 2.24) is 5.32 Å². The van der Waals surface area contributed by atoms with Crippen LogP contribution in [0.2, 0.25) is 0 Å². The van der Waals surface area contributed by atoms with Crippen molar-refractivity contribution < 1.29 is 13.2 Å². The van der Waals surface area contributed by atoms with Gasteiger partial charge in [0, 0.05) is 5.92 Å². The summed E-state index contributed by atoms with van der Waals surface area (Å²) < 4.78 is 41.4. The average molecular weight is 229 g/mol. The van der Waals surface area contributed by atoms with Crippen LogP contribution >= 0.6 is 0 Å². The third kappa shape index (κ3) is 2.07. The highest BCUT2D eigenvalue weighted by atomic mass is 19.3. The van der Waals surface area contributed by atoms with E-state index in [9.17, 15) is 13.2 Å². The molecular formula is C12H14F3N. The van der Waals surface area contributed by atoms with E-state index in [-0.39, 0.29) is 0 Å². The van der Waals surface area contributed by atoms with Crippen LogP contribution < -0.4 is 5.32 Å². The minimum absolute atomic E-state index is 0.390. The summed E-state index contributed by atoms with van der Waals surface area (Å²) in [7, 11) is 0. The first-order valence-electron chi connectivity index (χ1n) is 5.46. The van der Waals surface area contributed by atoms with Crippen LogP contribution in [0.25, 0.3) is 0 Å². The summed E-state index contributed by atoms with van der Waals surface area (Å²) in [6.45, 7) is 1.16. The third-order valence-electron chi connectivity index (χ3n) is 3.08. The van der Waals surface area contributed by atoms with Crippen molar-refractivity contribution in [1.29, 1.82) is 0 Å². The van der Waals surface area contributed by atoms with Crippen molar-refractivity contribution in [2.24, 2.45) is 5.92 Å². The maximum absolute atomic E-state index is 14.0. The summed E-state index contributed by atoms with van der Waals surface area (Å²) in [4.78, 5) is 0. The molecule has 1 aliphatic rings. The molecule has 2 rings (SSSR count). The first-order chi connectivity index (χ1) is 7.62. The van der Waals surface area contributed by atoms with E-state index in [0.29, 0.717) is 25.9 Å². The van der Waals surface area contributed by atoms with Gasteiger partial charge in [0.15, 0.2) is 0 Å². The zero-order valence-electron chi connectivity index (χ0n) is 8.85. The second-order valence-electron chi connectivity index (χ2n) is 4.13. The molecule has 16 heavy (non-hydrogen) atoms. The molecule has 0 spiro atoms. The van der Waals surface area contributed by atoms with Crippen LogP contribution in [0.1, 0.15) is 18.4 Å².